The van der Waals surface area contributed by atoms with Crippen LogP contribution in [0.1, 0.15) is 21.7 Å². The molecule has 1 aliphatic carbocycles. The number of fused-ring (bicyclic) bond motifs is 5. The number of benzene rings is 2. The van der Waals surface area contributed by atoms with Crippen LogP contribution in [0.15, 0.2) is 48.5 Å². The van der Waals surface area contributed by atoms with Gasteiger partial charge in [-0.15, -0.1) is 10.2 Å². The molecule has 2 aromatic heterocycles. The van der Waals surface area contributed by atoms with E-state index in [0.29, 0.717) is 22.6 Å². The van der Waals surface area contributed by atoms with Crippen LogP contribution in [0, 0.1) is 12.7 Å². The summed E-state index contributed by atoms with van der Waals surface area (Å²) in [5.74, 6) is -0.444. The van der Waals surface area contributed by atoms with Gasteiger partial charge in [-0.05, 0) is 24.6 Å². The zero-order valence-electron chi connectivity index (χ0n) is 13.2. The lowest BCUT2D eigenvalue weighted by Gasteiger charge is -2.03. The zero-order chi connectivity index (χ0) is 17.1. The highest BCUT2D eigenvalue weighted by molar-refractivity contribution is 6.20. The van der Waals surface area contributed by atoms with Crippen molar-refractivity contribution in [3.05, 3.63) is 71.3 Å². The van der Waals surface area contributed by atoms with Crippen molar-refractivity contribution in [2.24, 2.45) is 0 Å². The minimum Gasteiger partial charge on any atom is -0.287 e. The first-order chi connectivity index (χ1) is 12.1. The monoisotopic (exact) mass is 330 g/mol. The highest BCUT2D eigenvalue weighted by Gasteiger charge is 2.32. The van der Waals surface area contributed by atoms with Crippen LogP contribution in [0.5, 0.6) is 0 Å². The Bertz CT molecular complexity index is 1180. The third-order valence-electron chi connectivity index (χ3n) is 4.49. The fraction of sp³-hybridized carbons (Fsp3) is 0.0526. The van der Waals surface area contributed by atoms with Crippen LogP contribution in [0.2, 0.25) is 0 Å². The first kappa shape index (κ1) is 14.0. The van der Waals surface area contributed by atoms with Gasteiger partial charge >= 0.3 is 0 Å². The molecular formula is C19H11FN4O. The lowest BCUT2D eigenvalue weighted by molar-refractivity contribution is 0.103. The van der Waals surface area contributed by atoms with Crippen molar-refractivity contribution in [1.82, 2.24) is 19.8 Å². The standard InChI is InChI=1S/C19H11FN4O/c1-10-15(11-6-8-12(20)9-7-11)19-22-21-16-17(24(19)23-10)13-4-2-3-5-14(13)18(16)25/h2-9H,1H3. The highest BCUT2D eigenvalue weighted by Crippen LogP contribution is 2.37. The summed E-state index contributed by atoms with van der Waals surface area (Å²) in [5.41, 5.74) is 5.25. The van der Waals surface area contributed by atoms with Gasteiger partial charge in [0.1, 0.15) is 11.5 Å². The maximum absolute atomic E-state index is 13.2. The molecule has 0 saturated heterocycles. The van der Waals surface area contributed by atoms with Gasteiger partial charge in [-0.1, -0.05) is 36.4 Å². The molecule has 25 heavy (non-hydrogen) atoms. The van der Waals surface area contributed by atoms with Crippen molar-refractivity contribution in [3.63, 3.8) is 0 Å². The number of halogens is 1. The van der Waals surface area contributed by atoms with Gasteiger partial charge in [0, 0.05) is 11.1 Å². The average Bonchev–Trinajstić information content (AvgIpc) is 3.11. The molecule has 5 nitrogen and oxygen atoms in total. The fourth-order valence-electron chi connectivity index (χ4n) is 3.37. The lowest BCUT2D eigenvalue weighted by atomic mass is 10.1. The van der Waals surface area contributed by atoms with Crippen molar-refractivity contribution in [2.75, 3.05) is 0 Å². The lowest BCUT2D eigenvalue weighted by Crippen LogP contribution is -2.04. The van der Waals surface area contributed by atoms with Crippen molar-refractivity contribution >= 4 is 11.4 Å². The molecule has 5 rings (SSSR count). The van der Waals surface area contributed by atoms with Crippen LogP contribution in [-0.2, 0) is 0 Å². The van der Waals surface area contributed by atoms with E-state index in [1.54, 1.807) is 22.7 Å². The number of rotatable bonds is 1. The van der Waals surface area contributed by atoms with Gasteiger partial charge < -0.3 is 0 Å². The Morgan fingerprint density at radius 1 is 0.960 bits per heavy atom. The molecule has 0 radical (unpaired) electrons. The summed E-state index contributed by atoms with van der Waals surface area (Å²) in [5, 5.41) is 13.0. The Morgan fingerprint density at radius 2 is 1.68 bits per heavy atom. The minimum absolute atomic E-state index is 0.142. The summed E-state index contributed by atoms with van der Waals surface area (Å²) >= 11 is 0. The Kier molecular flexibility index (Phi) is 2.68. The van der Waals surface area contributed by atoms with E-state index >= 15 is 0 Å². The minimum atomic E-state index is -0.302. The number of carbonyl (C=O) groups is 1. The molecular weight excluding hydrogens is 319 g/mol. The average molecular weight is 330 g/mol. The van der Waals surface area contributed by atoms with E-state index in [4.69, 9.17) is 0 Å². The molecule has 0 bridgehead atoms. The second kappa shape index (κ2) is 4.80. The van der Waals surface area contributed by atoms with E-state index in [0.717, 1.165) is 22.4 Å². The predicted octanol–water partition coefficient (Wildman–Crippen LogP) is 3.45. The SMILES string of the molecule is Cc1nn2c3c(nnc2c1-c1ccc(F)cc1)C(=O)c1ccccc1-3. The number of ketones is 1. The largest absolute Gasteiger partial charge is 0.287 e. The molecule has 120 valence electrons. The summed E-state index contributed by atoms with van der Waals surface area (Å²) in [6, 6.07) is 13.5. The maximum Gasteiger partial charge on any atom is 0.216 e. The van der Waals surface area contributed by atoms with E-state index in [1.165, 1.54) is 12.1 Å². The number of aromatic nitrogens is 4. The van der Waals surface area contributed by atoms with Crippen molar-refractivity contribution in [2.45, 2.75) is 6.92 Å². The van der Waals surface area contributed by atoms with Crippen LogP contribution < -0.4 is 0 Å². The topological polar surface area (TPSA) is 60.1 Å². The molecule has 0 N–H and O–H groups in total. The van der Waals surface area contributed by atoms with Gasteiger partial charge in [0.2, 0.25) is 5.78 Å². The van der Waals surface area contributed by atoms with E-state index in [1.807, 2.05) is 25.1 Å². The van der Waals surface area contributed by atoms with Crippen molar-refractivity contribution in [1.29, 1.82) is 0 Å². The molecule has 0 saturated carbocycles. The molecule has 4 aromatic rings. The maximum atomic E-state index is 13.2. The molecule has 0 aliphatic heterocycles. The summed E-state index contributed by atoms with van der Waals surface area (Å²) in [6.07, 6.45) is 0. The Morgan fingerprint density at radius 3 is 2.44 bits per heavy atom. The van der Waals surface area contributed by atoms with E-state index in [2.05, 4.69) is 15.3 Å². The molecule has 2 aromatic carbocycles. The van der Waals surface area contributed by atoms with Crippen molar-refractivity contribution in [3.8, 4) is 22.4 Å². The van der Waals surface area contributed by atoms with Crippen LogP contribution in [-0.4, -0.2) is 25.6 Å². The van der Waals surface area contributed by atoms with Gasteiger partial charge in [-0.25, -0.2) is 8.91 Å². The zero-order valence-corrected chi connectivity index (χ0v) is 13.2. The predicted molar refractivity (Wildman–Crippen MR) is 89.8 cm³/mol. The molecule has 0 atom stereocenters. The first-order valence-electron chi connectivity index (χ1n) is 7.81. The smallest absolute Gasteiger partial charge is 0.216 e. The summed E-state index contributed by atoms with van der Waals surface area (Å²) < 4.78 is 14.9. The number of nitrogens with zero attached hydrogens (tertiary/aromatic N) is 4. The molecule has 1 aliphatic rings. The molecule has 0 fully saturated rings. The normalized spacial score (nSPS) is 12.5. The summed E-state index contributed by atoms with van der Waals surface area (Å²) in [4.78, 5) is 12.5. The quantitative estimate of drug-likeness (QED) is 0.472. The second-order valence-electron chi connectivity index (χ2n) is 5.97. The number of hydrogen-bond donors (Lipinski definition) is 0. The second-order valence-corrected chi connectivity index (χ2v) is 5.97. The number of hydrogen-bond acceptors (Lipinski definition) is 4. The summed E-state index contributed by atoms with van der Waals surface area (Å²) in [6.45, 7) is 1.86. The van der Waals surface area contributed by atoms with Gasteiger partial charge in [0.25, 0.3) is 0 Å². The third kappa shape index (κ3) is 1.82. The molecule has 2 heterocycles. The Labute approximate surface area is 141 Å². The van der Waals surface area contributed by atoms with Gasteiger partial charge in [0.15, 0.2) is 11.3 Å². The van der Waals surface area contributed by atoms with Gasteiger partial charge in [0.05, 0.1) is 11.3 Å². The van der Waals surface area contributed by atoms with E-state index < -0.39 is 0 Å². The van der Waals surface area contributed by atoms with Crippen LogP contribution >= 0.6 is 0 Å². The van der Waals surface area contributed by atoms with Gasteiger partial charge in [-0.2, -0.15) is 5.10 Å². The number of aryl methyl sites for hydroxylation is 1. The van der Waals surface area contributed by atoms with Crippen LogP contribution in [0.3, 0.4) is 0 Å². The summed E-state index contributed by atoms with van der Waals surface area (Å²) in [7, 11) is 0. The third-order valence-corrected chi connectivity index (χ3v) is 4.49. The van der Waals surface area contributed by atoms with Crippen molar-refractivity contribution < 1.29 is 9.18 Å². The van der Waals surface area contributed by atoms with E-state index in [-0.39, 0.29) is 11.6 Å². The highest BCUT2D eigenvalue weighted by atomic mass is 19.1. The molecule has 0 spiro atoms. The van der Waals surface area contributed by atoms with Crippen LogP contribution in [0.25, 0.3) is 28.0 Å². The molecule has 6 heteroatoms. The fourth-order valence-corrected chi connectivity index (χ4v) is 3.37. The molecule has 0 unspecified atom stereocenters. The first-order valence-corrected chi connectivity index (χ1v) is 7.81. The Balaban J connectivity index is 1.85. The van der Waals surface area contributed by atoms with Gasteiger partial charge in [-0.3, -0.25) is 4.79 Å². The molecule has 0 amide bonds. The van der Waals surface area contributed by atoms with Crippen LogP contribution in [0.4, 0.5) is 4.39 Å². The Hall–Kier alpha value is -3.41. The van der Waals surface area contributed by atoms with E-state index in [9.17, 15) is 9.18 Å². The number of carbonyl (C=O) groups excluding carboxylic acids is 1.